The molecule has 2 N–H and O–H groups in total. The van der Waals surface area contributed by atoms with Crippen molar-refractivity contribution < 1.29 is 28.3 Å². The molecule has 0 unspecified atom stereocenters. The Morgan fingerprint density at radius 1 is 1.12 bits per heavy atom. The van der Waals surface area contributed by atoms with E-state index in [1.54, 1.807) is 24.3 Å². The lowest BCUT2D eigenvalue weighted by Crippen LogP contribution is -2.38. The number of nitrogens with zero attached hydrogens (tertiary/aromatic N) is 2. The highest BCUT2D eigenvalue weighted by atomic mass is 19.1. The Labute approximate surface area is 189 Å². The van der Waals surface area contributed by atoms with Crippen LogP contribution in [0.1, 0.15) is 23.2 Å². The predicted molar refractivity (Wildman–Crippen MR) is 119 cm³/mol. The Morgan fingerprint density at radius 3 is 2.58 bits per heavy atom. The van der Waals surface area contributed by atoms with Crippen molar-refractivity contribution in [2.24, 2.45) is 0 Å². The van der Waals surface area contributed by atoms with Gasteiger partial charge in [0.25, 0.3) is 5.91 Å². The summed E-state index contributed by atoms with van der Waals surface area (Å²) in [5.74, 6) is -0.223. The van der Waals surface area contributed by atoms with Crippen LogP contribution >= 0.6 is 0 Å². The molecule has 172 valence electrons. The first kappa shape index (κ1) is 22.3. The van der Waals surface area contributed by atoms with Gasteiger partial charge in [-0.2, -0.15) is 0 Å². The number of methoxy groups -OCH3 is 1. The van der Waals surface area contributed by atoms with Crippen molar-refractivity contribution in [3.63, 3.8) is 0 Å². The summed E-state index contributed by atoms with van der Waals surface area (Å²) in [7, 11) is 4.27. The molecule has 1 fully saturated rings. The van der Waals surface area contributed by atoms with Gasteiger partial charge < -0.3 is 14.8 Å². The van der Waals surface area contributed by atoms with E-state index in [1.165, 1.54) is 44.5 Å². The van der Waals surface area contributed by atoms with Gasteiger partial charge >= 0.3 is 6.03 Å². The van der Waals surface area contributed by atoms with Gasteiger partial charge in [0.05, 0.1) is 31.0 Å². The molecular weight excluding hydrogens is 431 g/mol. The summed E-state index contributed by atoms with van der Waals surface area (Å²) >= 11 is 0. The fourth-order valence-corrected chi connectivity index (χ4v) is 3.29. The summed E-state index contributed by atoms with van der Waals surface area (Å²) in [5, 5.41) is 3.34. The molecule has 1 saturated carbocycles. The number of fused-ring (bicyclic) bond motifs is 1. The second-order valence-electron chi connectivity index (χ2n) is 7.51. The van der Waals surface area contributed by atoms with Crippen LogP contribution < -0.4 is 25.2 Å². The molecule has 3 amide bonds. The fraction of sp³-hybridized carbons (Fsp3) is 0.261. The van der Waals surface area contributed by atoms with E-state index in [2.05, 4.69) is 15.8 Å². The van der Waals surface area contributed by atoms with E-state index in [0.29, 0.717) is 22.4 Å². The van der Waals surface area contributed by atoms with Crippen molar-refractivity contribution >= 4 is 28.5 Å². The smallest absolute Gasteiger partial charge is 0.321 e. The lowest BCUT2D eigenvalue weighted by molar-refractivity contribution is 0.0535. The van der Waals surface area contributed by atoms with Crippen LogP contribution in [0.4, 0.5) is 14.9 Å². The fourth-order valence-electron chi connectivity index (χ4n) is 3.29. The van der Waals surface area contributed by atoms with Crippen LogP contribution in [-0.2, 0) is 4.84 Å². The Balaban J connectivity index is 1.63. The average Bonchev–Trinajstić information content (AvgIpc) is 3.62. The number of urea groups is 1. The second kappa shape index (κ2) is 9.29. The third-order valence-corrected chi connectivity index (χ3v) is 5.18. The molecule has 1 aromatic heterocycles. The van der Waals surface area contributed by atoms with E-state index in [-0.39, 0.29) is 29.1 Å². The first-order chi connectivity index (χ1) is 15.9. The van der Waals surface area contributed by atoms with Crippen molar-refractivity contribution in [1.29, 1.82) is 0 Å². The van der Waals surface area contributed by atoms with Crippen molar-refractivity contribution in [2.45, 2.75) is 18.9 Å². The van der Waals surface area contributed by atoms with Gasteiger partial charge in [0.1, 0.15) is 17.2 Å². The number of carbonyl (C=O) groups excluding carboxylic acids is 2. The molecule has 0 atom stereocenters. The summed E-state index contributed by atoms with van der Waals surface area (Å²) in [6, 6.07) is 8.81. The number of rotatable bonds is 7. The van der Waals surface area contributed by atoms with E-state index in [0.717, 1.165) is 12.8 Å². The van der Waals surface area contributed by atoms with Gasteiger partial charge in [-0.05, 0) is 37.1 Å². The first-order valence-electron chi connectivity index (χ1n) is 10.2. The van der Waals surface area contributed by atoms with Crippen molar-refractivity contribution in [1.82, 2.24) is 15.8 Å². The molecular formula is C23H23FN4O5. The first-order valence-corrected chi connectivity index (χ1v) is 10.2. The zero-order valence-electron chi connectivity index (χ0n) is 18.3. The number of anilines is 1. The Hall–Kier alpha value is -3.92. The molecule has 1 heterocycles. The number of carbonyl (C=O) groups is 2. The zero-order valence-corrected chi connectivity index (χ0v) is 18.3. The molecule has 3 aromatic rings. The number of pyridine rings is 1. The van der Waals surface area contributed by atoms with E-state index in [9.17, 15) is 14.0 Å². The maximum Gasteiger partial charge on any atom is 0.321 e. The topological polar surface area (TPSA) is 102 Å². The minimum absolute atomic E-state index is 0.128. The lowest BCUT2D eigenvalue weighted by atomic mass is 10.1. The molecule has 0 spiro atoms. The van der Waals surface area contributed by atoms with Crippen LogP contribution in [0.15, 0.2) is 42.6 Å². The molecule has 0 bridgehead atoms. The highest BCUT2D eigenvalue weighted by molar-refractivity contribution is 6.01. The summed E-state index contributed by atoms with van der Waals surface area (Å²) < 4.78 is 26.0. The van der Waals surface area contributed by atoms with E-state index in [1.807, 2.05) is 0 Å². The summed E-state index contributed by atoms with van der Waals surface area (Å²) in [6.45, 7) is 0. The van der Waals surface area contributed by atoms with Crippen LogP contribution in [-0.4, -0.2) is 44.2 Å². The maximum absolute atomic E-state index is 14.8. The SMILES string of the molecule is CONC(=O)c1cc2c(Oc3ccc(N(C)C(=O)NC4CC4)c(F)c3)ccnc2cc1OC. The normalized spacial score (nSPS) is 12.8. The number of halogens is 1. The summed E-state index contributed by atoms with van der Waals surface area (Å²) in [4.78, 5) is 34.8. The van der Waals surface area contributed by atoms with Crippen LogP contribution in [0.25, 0.3) is 10.9 Å². The molecule has 0 saturated heterocycles. The van der Waals surface area contributed by atoms with E-state index >= 15 is 0 Å². The van der Waals surface area contributed by atoms with Crippen LogP contribution in [0.3, 0.4) is 0 Å². The molecule has 1 aliphatic rings. The van der Waals surface area contributed by atoms with Crippen LogP contribution in [0, 0.1) is 5.82 Å². The monoisotopic (exact) mass is 454 g/mol. The van der Waals surface area contributed by atoms with Gasteiger partial charge in [0, 0.05) is 36.8 Å². The number of amides is 3. The zero-order chi connectivity index (χ0) is 23.5. The number of benzene rings is 2. The third-order valence-electron chi connectivity index (χ3n) is 5.18. The second-order valence-corrected chi connectivity index (χ2v) is 7.51. The number of ether oxygens (including phenoxy) is 2. The Kier molecular flexibility index (Phi) is 6.27. The number of hydroxylamine groups is 1. The van der Waals surface area contributed by atoms with Crippen molar-refractivity contribution in [2.75, 3.05) is 26.2 Å². The highest BCUT2D eigenvalue weighted by Crippen LogP contribution is 2.34. The molecule has 33 heavy (non-hydrogen) atoms. The van der Waals surface area contributed by atoms with Gasteiger partial charge in [0.15, 0.2) is 5.82 Å². The molecule has 4 rings (SSSR count). The number of nitrogens with one attached hydrogen (secondary N) is 2. The largest absolute Gasteiger partial charge is 0.496 e. The average molecular weight is 454 g/mol. The highest BCUT2D eigenvalue weighted by Gasteiger charge is 2.26. The molecule has 10 heteroatoms. The summed E-state index contributed by atoms with van der Waals surface area (Å²) in [6.07, 6.45) is 3.41. The molecule has 0 radical (unpaired) electrons. The number of hydrogen-bond acceptors (Lipinski definition) is 6. The van der Waals surface area contributed by atoms with Gasteiger partial charge in [-0.1, -0.05) is 0 Å². The third kappa shape index (κ3) is 4.80. The molecule has 0 aliphatic heterocycles. The number of hydrogen-bond donors (Lipinski definition) is 2. The number of aromatic nitrogens is 1. The maximum atomic E-state index is 14.8. The minimum Gasteiger partial charge on any atom is -0.496 e. The standard InChI is InChI=1S/C23H23FN4O5/c1-28(23(30)26-13-4-5-13)19-7-6-14(10-17(19)24)33-20-8-9-25-18-12-21(31-2)16(11-15(18)20)22(29)27-32-3/h6-13H,4-5H2,1-3H3,(H,26,30)(H,27,29). The van der Waals surface area contributed by atoms with Crippen LogP contribution in [0.5, 0.6) is 17.2 Å². The van der Waals surface area contributed by atoms with Crippen LogP contribution in [0.2, 0.25) is 0 Å². The molecule has 1 aliphatic carbocycles. The quantitative estimate of drug-likeness (QED) is 0.527. The predicted octanol–water partition coefficient (Wildman–Crippen LogP) is 3.77. The van der Waals surface area contributed by atoms with Crippen molar-refractivity contribution in [3.8, 4) is 17.2 Å². The summed E-state index contributed by atoms with van der Waals surface area (Å²) in [5.41, 5.74) is 3.12. The van der Waals surface area contributed by atoms with E-state index in [4.69, 9.17) is 14.3 Å². The van der Waals surface area contributed by atoms with Gasteiger partial charge in [-0.25, -0.2) is 14.7 Å². The molecule has 2 aromatic carbocycles. The Morgan fingerprint density at radius 2 is 1.91 bits per heavy atom. The van der Waals surface area contributed by atoms with Gasteiger partial charge in [-0.3, -0.25) is 19.5 Å². The minimum atomic E-state index is -0.610. The Bertz CT molecular complexity index is 1210. The van der Waals surface area contributed by atoms with Crippen molar-refractivity contribution in [3.05, 3.63) is 54.0 Å². The van der Waals surface area contributed by atoms with Gasteiger partial charge in [-0.15, -0.1) is 0 Å². The lowest BCUT2D eigenvalue weighted by Gasteiger charge is -2.19. The molecule has 9 nitrogen and oxygen atoms in total. The van der Waals surface area contributed by atoms with Gasteiger partial charge in [0.2, 0.25) is 0 Å². The van der Waals surface area contributed by atoms with E-state index < -0.39 is 11.7 Å².